The maximum atomic E-state index is 2.94. The van der Waals surface area contributed by atoms with Gasteiger partial charge in [-0.1, -0.05) is 122 Å². The van der Waals surface area contributed by atoms with Gasteiger partial charge in [0.15, 0.2) is 0 Å². The fourth-order valence-electron chi connectivity index (χ4n) is 12.3. The SMILES string of the molecule is CCCCc1c(C2CCCC3CCCCC32)cc(C2CCCC3CCCCC32)cc1C1CCCC2CCCCC21. The topological polar surface area (TPSA) is 0 Å². The van der Waals surface area contributed by atoms with Gasteiger partial charge in [-0.25, -0.2) is 0 Å². The average molecular weight is 543 g/mol. The van der Waals surface area contributed by atoms with Crippen molar-refractivity contribution in [2.75, 3.05) is 0 Å². The van der Waals surface area contributed by atoms with Crippen molar-refractivity contribution in [1.29, 1.82) is 0 Å². The highest BCUT2D eigenvalue weighted by molar-refractivity contribution is 5.46. The van der Waals surface area contributed by atoms with Gasteiger partial charge in [0, 0.05) is 0 Å². The first-order chi connectivity index (χ1) is 19.8. The van der Waals surface area contributed by atoms with Gasteiger partial charge in [0.25, 0.3) is 0 Å². The fraction of sp³-hybridized carbons (Fsp3) is 0.850. The van der Waals surface area contributed by atoms with Crippen LogP contribution in [0.5, 0.6) is 0 Å². The fourth-order valence-corrected chi connectivity index (χ4v) is 12.3. The zero-order chi connectivity index (χ0) is 26.9. The van der Waals surface area contributed by atoms with E-state index in [0.29, 0.717) is 0 Å². The Kier molecular flexibility index (Phi) is 8.99. The summed E-state index contributed by atoms with van der Waals surface area (Å²) in [4.78, 5) is 0. The summed E-state index contributed by atoms with van der Waals surface area (Å²) in [6.07, 6.45) is 36.0. The predicted octanol–water partition coefficient (Wildman–Crippen LogP) is 12.3. The van der Waals surface area contributed by atoms with E-state index in [4.69, 9.17) is 0 Å². The quantitative estimate of drug-likeness (QED) is 0.335. The van der Waals surface area contributed by atoms with E-state index in [0.717, 1.165) is 53.3 Å². The molecule has 6 aliphatic carbocycles. The van der Waals surface area contributed by atoms with Crippen molar-refractivity contribution in [3.05, 3.63) is 34.4 Å². The van der Waals surface area contributed by atoms with E-state index < -0.39 is 0 Å². The van der Waals surface area contributed by atoms with Crippen LogP contribution in [0.2, 0.25) is 0 Å². The smallest absolute Gasteiger partial charge is 0.0128 e. The van der Waals surface area contributed by atoms with Crippen LogP contribution in [0.1, 0.15) is 195 Å². The molecule has 7 rings (SSSR count). The van der Waals surface area contributed by atoms with Crippen LogP contribution in [-0.4, -0.2) is 0 Å². The van der Waals surface area contributed by atoms with Crippen molar-refractivity contribution in [2.24, 2.45) is 35.5 Å². The van der Waals surface area contributed by atoms with Gasteiger partial charge < -0.3 is 0 Å². The molecule has 6 saturated carbocycles. The van der Waals surface area contributed by atoms with Gasteiger partial charge in [-0.3, -0.25) is 0 Å². The van der Waals surface area contributed by atoms with Crippen LogP contribution >= 0.6 is 0 Å². The van der Waals surface area contributed by atoms with Crippen LogP contribution < -0.4 is 0 Å². The normalized spacial score (nSPS) is 40.1. The summed E-state index contributed by atoms with van der Waals surface area (Å²) in [6.45, 7) is 2.44. The maximum Gasteiger partial charge on any atom is -0.0128 e. The molecule has 1 aromatic rings. The average Bonchev–Trinajstić information content (AvgIpc) is 3.02. The number of hydrogen-bond acceptors (Lipinski definition) is 0. The Morgan fingerprint density at radius 2 is 0.875 bits per heavy atom. The van der Waals surface area contributed by atoms with Gasteiger partial charge >= 0.3 is 0 Å². The molecule has 0 nitrogen and oxygen atoms in total. The number of unbranched alkanes of at least 4 members (excludes halogenated alkanes) is 1. The van der Waals surface area contributed by atoms with Gasteiger partial charge in [0.1, 0.15) is 0 Å². The maximum absolute atomic E-state index is 2.94. The molecule has 0 saturated heterocycles. The lowest BCUT2D eigenvalue weighted by molar-refractivity contribution is 0.137. The van der Waals surface area contributed by atoms with Crippen molar-refractivity contribution in [2.45, 2.75) is 179 Å². The Morgan fingerprint density at radius 3 is 1.35 bits per heavy atom. The molecule has 0 bridgehead atoms. The molecule has 0 aromatic heterocycles. The summed E-state index contributed by atoms with van der Waals surface area (Å²) in [5.41, 5.74) is 7.66. The molecule has 6 fully saturated rings. The summed E-state index contributed by atoms with van der Waals surface area (Å²) < 4.78 is 0. The first-order valence-corrected chi connectivity index (χ1v) is 19.0. The summed E-state index contributed by atoms with van der Waals surface area (Å²) in [7, 11) is 0. The van der Waals surface area contributed by atoms with Crippen LogP contribution in [0.15, 0.2) is 12.1 Å². The Morgan fingerprint density at radius 1 is 0.475 bits per heavy atom. The molecular weight excluding hydrogens is 480 g/mol. The number of fused-ring (bicyclic) bond motifs is 3. The van der Waals surface area contributed by atoms with Crippen LogP contribution in [0.25, 0.3) is 0 Å². The highest BCUT2D eigenvalue weighted by atomic mass is 14.5. The standard InChI is InChI=1S/C40H62/c1-2-3-19-38-39(36-24-11-17-29-14-5-8-21-33(29)36)26-31(35-23-10-16-28-13-4-7-20-32(28)35)27-40(38)37-25-12-18-30-15-6-9-22-34(30)37/h26-30,32-37H,2-25H2,1H3. The molecule has 9 unspecified atom stereocenters. The molecule has 0 heteroatoms. The van der Waals surface area contributed by atoms with Crippen molar-refractivity contribution in [3.8, 4) is 0 Å². The minimum atomic E-state index is 0.869. The molecular formula is C40H62. The third-order valence-corrected chi connectivity index (χ3v) is 14.1. The molecule has 222 valence electrons. The van der Waals surface area contributed by atoms with Crippen LogP contribution in [-0.2, 0) is 6.42 Å². The van der Waals surface area contributed by atoms with Gasteiger partial charge in [-0.2, -0.15) is 0 Å². The minimum absolute atomic E-state index is 0.869. The zero-order valence-electron chi connectivity index (χ0n) is 26.3. The number of hydrogen-bond donors (Lipinski definition) is 0. The Bertz CT molecular complexity index is 911. The van der Waals surface area contributed by atoms with Crippen LogP contribution in [0.3, 0.4) is 0 Å². The molecule has 0 amide bonds. The van der Waals surface area contributed by atoms with Crippen LogP contribution in [0, 0.1) is 35.5 Å². The van der Waals surface area contributed by atoms with E-state index in [1.807, 2.05) is 22.3 Å². The van der Waals surface area contributed by atoms with E-state index in [1.165, 1.54) is 154 Å². The third kappa shape index (κ3) is 5.50. The first kappa shape index (κ1) is 28.0. The van der Waals surface area contributed by atoms with Crippen molar-refractivity contribution in [3.63, 3.8) is 0 Å². The summed E-state index contributed by atoms with van der Waals surface area (Å²) in [6, 6.07) is 5.89. The molecule has 0 aliphatic heterocycles. The third-order valence-electron chi connectivity index (χ3n) is 14.1. The summed E-state index contributed by atoms with van der Waals surface area (Å²) in [5.74, 6) is 8.71. The lowest BCUT2D eigenvalue weighted by atomic mass is 9.59. The monoisotopic (exact) mass is 542 g/mol. The Balaban J connectivity index is 1.35. The highest BCUT2D eigenvalue weighted by Gasteiger charge is 2.42. The van der Waals surface area contributed by atoms with Gasteiger partial charge in [0.05, 0.1) is 0 Å². The number of benzene rings is 1. The molecule has 40 heavy (non-hydrogen) atoms. The second kappa shape index (κ2) is 12.8. The van der Waals surface area contributed by atoms with Gasteiger partial charge in [-0.15, -0.1) is 0 Å². The van der Waals surface area contributed by atoms with Gasteiger partial charge in [0.2, 0.25) is 0 Å². The van der Waals surface area contributed by atoms with Crippen molar-refractivity contribution < 1.29 is 0 Å². The molecule has 0 radical (unpaired) electrons. The van der Waals surface area contributed by atoms with E-state index in [9.17, 15) is 0 Å². The molecule has 0 N–H and O–H groups in total. The van der Waals surface area contributed by atoms with Crippen LogP contribution in [0.4, 0.5) is 0 Å². The zero-order valence-corrected chi connectivity index (χ0v) is 26.3. The van der Waals surface area contributed by atoms with E-state index in [2.05, 4.69) is 19.1 Å². The molecule has 6 aliphatic rings. The minimum Gasteiger partial charge on any atom is -0.0654 e. The van der Waals surface area contributed by atoms with Crippen molar-refractivity contribution in [1.82, 2.24) is 0 Å². The summed E-state index contributed by atoms with van der Waals surface area (Å²) in [5, 5.41) is 0. The lowest BCUT2D eigenvalue weighted by Crippen LogP contribution is -2.33. The molecule has 9 atom stereocenters. The highest BCUT2D eigenvalue weighted by Crippen LogP contribution is 2.55. The first-order valence-electron chi connectivity index (χ1n) is 19.0. The van der Waals surface area contributed by atoms with E-state index >= 15 is 0 Å². The number of rotatable bonds is 6. The second-order valence-electron chi connectivity index (χ2n) is 16.0. The predicted molar refractivity (Wildman–Crippen MR) is 171 cm³/mol. The van der Waals surface area contributed by atoms with Crippen molar-refractivity contribution >= 4 is 0 Å². The lowest BCUT2D eigenvalue weighted by Gasteiger charge is -2.46. The second-order valence-corrected chi connectivity index (χ2v) is 16.0. The van der Waals surface area contributed by atoms with Gasteiger partial charge in [-0.05, 0) is 127 Å². The van der Waals surface area contributed by atoms with E-state index in [-0.39, 0.29) is 0 Å². The molecule has 0 heterocycles. The largest absolute Gasteiger partial charge is 0.0654 e. The van der Waals surface area contributed by atoms with E-state index in [1.54, 1.807) is 0 Å². The Labute approximate surface area is 248 Å². The molecule has 1 aromatic carbocycles. The Hall–Kier alpha value is -0.780. The summed E-state index contributed by atoms with van der Waals surface area (Å²) >= 11 is 0. The molecule has 0 spiro atoms.